The lowest BCUT2D eigenvalue weighted by molar-refractivity contribution is 0.0525. The van der Waals surface area contributed by atoms with Crippen molar-refractivity contribution in [3.05, 3.63) is 68.5 Å². The molecule has 1 N–H and O–H groups in total. The maximum Gasteiger partial charge on any atom is 0.344 e. The van der Waals surface area contributed by atoms with Crippen LogP contribution in [0.4, 0.5) is 0 Å². The van der Waals surface area contributed by atoms with E-state index in [1.165, 1.54) is 0 Å². The van der Waals surface area contributed by atoms with Gasteiger partial charge in [0.05, 0.1) is 12.1 Å². The van der Waals surface area contributed by atoms with Gasteiger partial charge in [0.2, 0.25) is 0 Å². The van der Waals surface area contributed by atoms with Crippen LogP contribution in [0.3, 0.4) is 0 Å². The van der Waals surface area contributed by atoms with Crippen LogP contribution in [0.2, 0.25) is 5.02 Å². The lowest BCUT2D eigenvalue weighted by Gasteiger charge is -2.15. The van der Waals surface area contributed by atoms with E-state index in [9.17, 15) is 9.59 Å². The molecule has 0 atom stereocenters. The lowest BCUT2D eigenvalue weighted by Crippen LogP contribution is -2.22. The zero-order chi connectivity index (χ0) is 18.1. The van der Waals surface area contributed by atoms with E-state index >= 15 is 0 Å². The van der Waals surface area contributed by atoms with E-state index in [2.05, 4.69) is 4.98 Å². The second-order valence-corrected chi connectivity index (χ2v) is 6.32. The van der Waals surface area contributed by atoms with Gasteiger partial charge in [-0.3, -0.25) is 4.79 Å². The highest BCUT2D eigenvalue weighted by Gasteiger charge is 2.23. The van der Waals surface area contributed by atoms with Crippen LogP contribution in [0.1, 0.15) is 28.4 Å². The Morgan fingerprint density at radius 3 is 2.60 bits per heavy atom. The molecule has 0 aliphatic heterocycles. The molecule has 25 heavy (non-hydrogen) atoms. The fourth-order valence-corrected chi connectivity index (χ4v) is 3.33. The number of fused-ring (bicyclic) bond motifs is 1. The summed E-state index contributed by atoms with van der Waals surface area (Å²) in [5.74, 6) is -0.653. The summed E-state index contributed by atoms with van der Waals surface area (Å²) < 4.78 is 5.12. The molecule has 0 bridgehead atoms. The third kappa shape index (κ3) is 3.05. The molecular weight excluding hydrogens is 338 g/mol. The normalized spacial score (nSPS) is 10.9. The zero-order valence-electron chi connectivity index (χ0n) is 14.3. The Labute approximate surface area is 150 Å². The van der Waals surface area contributed by atoms with Crippen LogP contribution in [0, 0.1) is 13.8 Å². The van der Waals surface area contributed by atoms with Gasteiger partial charge in [-0.15, -0.1) is 0 Å². The van der Waals surface area contributed by atoms with E-state index in [1.807, 2.05) is 38.1 Å². The van der Waals surface area contributed by atoms with Crippen LogP contribution in [0.5, 0.6) is 0 Å². The molecule has 0 spiro atoms. The molecule has 0 aliphatic rings. The highest BCUT2D eigenvalue weighted by molar-refractivity contribution is 6.34. The summed E-state index contributed by atoms with van der Waals surface area (Å²) in [6.07, 6.45) is 0. The summed E-state index contributed by atoms with van der Waals surface area (Å²) in [5.41, 5.74) is 3.29. The predicted octanol–water partition coefficient (Wildman–Crippen LogP) is 4.64. The van der Waals surface area contributed by atoms with Gasteiger partial charge >= 0.3 is 5.97 Å². The van der Waals surface area contributed by atoms with E-state index in [0.29, 0.717) is 21.7 Å². The molecule has 4 nitrogen and oxygen atoms in total. The summed E-state index contributed by atoms with van der Waals surface area (Å²) >= 11 is 6.38. The Balaban J connectivity index is 2.52. The number of ether oxygens (including phenoxy) is 1. The third-order valence-corrected chi connectivity index (χ3v) is 4.42. The molecule has 0 radical (unpaired) electrons. The van der Waals surface area contributed by atoms with Crippen molar-refractivity contribution >= 4 is 28.5 Å². The van der Waals surface area contributed by atoms with Crippen LogP contribution in [-0.2, 0) is 4.74 Å². The smallest absolute Gasteiger partial charge is 0.344 e. The molecule has 128 valence electrons. The molecule has 5 heteroatoms. The minimum Gasteiger partial charge on any atom is -0.462 e. The quantitative estimate of drug-likeness (QED) is 0.696. The van der Waals surface area contributed by atoms with Crippen molar-refractivity contribution < 1.29 is 9.53 Å². The van der Waals surface area contributed by atoms with Crippen molar-refractivity contribution in [3.8, 4) is 11.1 Å². The first-order valence-corrected chi connectivity index (χ1v) is 8.41. The maximum absolute atomic E-state index is 12.7. The van der Waals surface area contributed by atoms with E-state index in [-0.39, 0.29) is 12.2 Å². The van der Waals surface area contributed by atoms with Crippen LogP contribution in [-0.4, -0.2) is 17.6 Å². The molecule has 0 saturated heterocycles. The maximum atomic E-state index is 12.7. The number of carbonyl (C=O) groups excluding carboxylic acids is 1. The number of nitrogens with one attached hydrogen (secondary N) is 1. The molecule has 1 heterocycles. The molecule has 0 aliphatic carbocycles. The molecule has 3 aromatic rings. The van der Waals surface area contributed by atoms with Crippen molar-refractivity contribution in [2.75, 3.05) is 6.61 Å². The fraction of sp³-hybridized carbons (Fsp3) is 0.200. The minimum atomic E-state index is -0.653. The summed E-state index contributed by atoms with van der Waals surface area (Å²) in [7, 11) is 0. The van der Waals surface area contributed by atoms with Crippen molar-refractivity contribution in [3.63, 3.8) is 0 Å². The highest BCUT2D eigenvalue weighted by atomic mass is 35.5. The standard InChI is InChI=1S/C20H18ClNO3/c1-4-25-20(24)17-16(13-7-5-6-8-15(13)21)14-10-11(2)9-12(3)18(14)22-19(17)23/h5-10H,4H2,1-3H3,(H,22,23). The van der Waals surface area contributed by atoms with E-state index in [0.717, 1.165) is 16.5 Å². The number of H-pyrrole nitrogens is 1. The SMILES string of the molecule is CCOC(=O)c1c(-c2ccccc2Cl)c2cc(C)cc(C)c2[nH]c1=O. The largest absolute Gasteiger partial charge is 0.462 e. The molecule has 3 rings (SSSR count). The van der Waals surface area contributed by atoms with Gasteiger partial charge in [0.25, 0.3) is 5.56 Å². The van der Waals surface area contributed by atoms with Crippen LogP contribution in [0.15, 0.2) is 41.2 Å². The molecule has 0 amide bonds. The van der Waals surface area contributed by atoms with Gasteiger partial charge in [-0.2, -0.15) is 0 Å². The number of carbonyl (C=O) groups is 1. The Bertz CT molecular complexity index is 1040. The highest BCUT2D eigenvalue weighted by Crippen LogP contribution is 2.35. The number of hydrogen-bond acceptors (Lipinski definition) is 3. The van der Waals surface area contributed by atoms with Gasteiger partial charge in [-0.25, -0.2) is 4.79 Å². The van der Waals surface area contributed by atoms with Crippen LogP contribution < -0.4 is 5.56 Å². The second kappa shape index (κ2) is 6.73. The molecule has 0 fully saturated rings. The summed E-state index contributed by atoms with van der Waals surface area (Å²) in [6, 6.07) is 11.1. The number of aryl methyl sites for hydroxylation is 2. The lowest BCUT2D eigenvalue weighted by atomic mass is 9.93. The number of pyridine rings is 1. The van der Waals surface area contributed by atoms with Crippen molar-refractivity contribution in [2.24, 2.45) is 0 Å². The first-order valence-electron chi connectivity index (χ1n) is 8.03. The van der Waals surface area contributed by atoms with Gasteiger partial charge in [-0.1, -0.05) is 41.4 Å². The van der Waals surface area contributed by atoms with Crippen molar-refractivity contribution in [2.45, 2.75) is 20.8 Å². The van der Waals surface area contributed by atoms with E-state index < -0.39 is 11.5 Å². The monoisotopic (exact) mass is 355 g/mol. The Kier molecular flexibility index (Phi) is 4.64. The van der Waals surface area contributed by atoms with E-state index in [4.69, 9.17) is 16.3 Å². The molecular formula is C20H18ClNO3. The van der Waals surface area contributed by atoms with Crippen molar-refractivity contribution in [1.29, 1.82) is 0 Å². The number of halogens is 1. The van der Waals surface area contributed by atoms with Crippen LogP contribution in [0.25, 0.3) is 22.0 Å². The first-order chi connectivity index (χ1) is 11.9. The Morgan fingerprint density at radius 1 is 1.20 bits per heavy atom. The van der Waals surface area contributed by atoms with Gasteiger partial charge in [0, 0.05) is 21.5 Å². The number of benzene rings is 2. The molecule has 2 aromatic carbocycles. The van der Waals surface area contributed by atoms with Crippen molar-refractivity contribution in [1.82, 2.24) is 4.98 Å². The number of hydrogen-bond donors (Lipinski definition) is 1. The summed E-state index contributed by atoms with van der Waals surface area (Å²) in [5, 5.41) is 1.24. The first kappa shape index (κ1) is 17.2. The van der Waals surface area contributed by atoms with Gasteiger partial charge < -0.3 is 9.72 Å². The fourth-order valence-electron chi connectivity index (χ4n) is 3.10. The second-order valence-electron chi connectivity index (χ2n) is 5.91. The van der Waals surface area contributed by atoms with E-state index in [1.54, 1.807) is 19.1 Å². The third-order valence-electron chi connectivity index (χ3n) is 4.09. The average molecular weight is 356 g/mol. The molecule has 1 aromatic heterocycles. The minimum absolute atomic E-state index is 0.0209. The van der Waals surface area contributed by atoms with Crippen LogP contribution >= 0.6 is 11.6 Å². The summed E-state index contributed by atoms with van der Waals surface area (Å²) in [6.45, 7) is 5.78. The number of esters is 1. The topological polar surface area (TPSA) is 59.2 Å². The van der Waals surface area contributed by atoms with Gasteiger partial charge in [0.1, 0.15) is 5.56 Å². The number of rotatable bonds is 3. The molecule has 0 unspecified atom stereocenters. The zero-order valence-corrected chi connectivity index (χ0v) is 15.0. The van der Waals surface area contributed by atoms with Gasteiger partial charge in [0.15, 0.2) is 0 Å². The average Bonchev–Trinajstić information content (AvgIpc) is 2.55. The van der Waals surface area contributed by atoms with Gasteiger partial charge in [-0.05, 0) is 38.5 Å². The molecule has 0 saturated carbocycles. The Morgan fingerprint density at radius 2 is 1.92 bits per heavy atom. The number of aromatic amines is 1. The summed E-state index contributed by atoms with van der Waals surface area (Å²) in [4.78, 5) is 28.0. The number of aromatic nitrogens is 1. The Hall–Kier alpha value is -2.59. The predicted molar refractivity (Wildman–Crippen MR) is 100 cm³/mol.